The molecule has 4 aromatic rings. The van der Waals surface area contributed by atoms with Crippen LogP contribution in [-0.2, 0) is 18.0 Å². The van der Waals surface area contributed by atoms with Crippen LogP contribution in [0.3, 0.4) is 0 Å². The van der Waals surface area contributed by atoms with Crippen molar-refractivity contribution in [3.8, 4) is 11.1 Å². The Morgan fingerprint density at radius 2 is 1.25 bits per heavy atom. The first kappa shape index (κ1) is 41.2. The van der Waals surface area contributed by atoms with Crippen molar-refractivity contribution in [3.63, 3.8) is 0 Å². The molecule has 13 heteroatoms. The van der Waals surface area contributed by atoms with Gasteiger partial charge < -0.3 is 29.1 Å². The van der Waals surface area contributed by atoms with E-state index >= 15 is 0 Å². The number of nitrogens with zero attached hydrogens (tertiary/aromatic N) is 4. The molecular weight excluding hydrogens is 713 g/mol. The predicted octanol–water partition coefficient (Wildman–Crippen LogP) is 10.5. The van der Waals surface area contributed by atoms with Gasteiger partial charge in [-0.3, -0.25) is 4.57 Å². The number of nitrogen functional groups attached to an aromatic ring is 1. The smallest absolute Gasteiger partial charge is 0.212 e. The zero-order valence-electron chi connectivity index (χ0n) is 34.8. The predicted molar refractivity (Wildman–Crippen MR) is 226 cm³/mol. The van der Waals surface area contributed by atoms with Crippen LogP contribution in [0.2, 0.25) is 54.4 Å². The molecule has 0 aliphatic carbocycles. The van der Waals surface area contributed by atoms with Crippen LogP contribution in [-0.4, -0.2) is 69.4 Å². The maximum atomic E-state index is 7.47. The standard InChI is InChI=1S/C40H64N6O4Si3/c1-38(2,3)51(10,11)47-25-30-32(49-52(12,13)39(4,5)6)33(50-53(14,15)40(7,8)9)36(48-30)46-35-31(34(41)42-26-43-35)45-37(46)44-29-23-21-28(22-24-29)27-19-17-16-18-20-27/h16-24,26,30,32-33,36H,25H2,1-15H3,(H,44,45)(H2,41,42,43)/t30-,32-,33-,36-/m1/s1. The Balaban J connectivity index is 1.66. The molecule has 0 radical (unpaired) electrons. The van der Waals surface area contributed by atoms with Gasteiger partial charge in [0, 0.05) is 5.69 Å². The van der Waals surface area contributed by atoms with Gasteiger partial charge in [0.15, 0.2) is 48.2 Å². The highest BCUT2D eigenvalue weighted by Crippen LogP contribution is 2.48. The Hall–Kier alpha value is -2.92. The van der Waals surface area contributed by atoms with E-state index in [1.54, 1.807) is 0 Å². The lowest BCUT2D eigenvalue weighted by atomic mass is 10.1. The largest absolute Gasteiger partial charge is 0.414 e. The molecule has 2 aromatic heterocycles. The van der Waals surface area contributed by atoms with E-state index in [4.69, 9.17) is 33.7 Å². The number of nitrogens with two attached hydrogens (primary N) is 1. The Labute approximate surface area is 321 Å². The number of fused-ring (bicyclic) bond motifs is 1. The summed E-state index contributed by atoms with van der Waals surface area (Å²) in [7, 11) is -6.90. The number of nitrogens with one attached hydrogen (secondary N) is 1. The Bertz CT molecular complexity index is 1860. The lowest BCUT2D eigenvalue weighted by Gasteiger charge is -2.44. The van der Waals surface area contributed by atoms with Crippen molar-refractivity contribution in [2.75, 3.05) is 17.7 Å². The Morgan fingerprint density at radius 3 is 1.79 bits per heavy atom. The second-order valence-corrected chi connectivity index (χ2v) is 33.4. The minimum absolute atomic E-state index is 0.0278. The molecule has 5 rings (SSSR count). The van der Waals surface area contributed by atoms with Crippen molar-refractivity contribution in [2.45, 2.75) is 141 Å². The molecule has 4 atom stereocenters. The molecule has 3 N–H and O–H groups in total. The molecule has 1 saturated heterocycles. The van der Waals surface area contributed by atoms with E-state index in [-0.39, 0.29) is 15.1 Å². The fraction of sp³-hybridized carbons (Fsp3) is 0.575. The zero-order valence-corrected chi connectivity index (χ0v) is 37.8. The van der Waals surface area contributed by atoms with Crippen LogP contribution in [0.5, 0.6) is 0 Å². The van der Waals surface area contributed by atoms with Gasteiger partial charge in [0.05, 0.1) is 6.61 Å². The molecule has 0 amide bonds. The van der Waals surface area contributed by atoms with Crippen LogP contribution in [0, 0.1) is 0 Å². The SMILES string of the molecule is CC(C)(C)[Si](C)(C)OC[C@H]1O[C@@H](n2c(Nc3ccc(-c4ccccc4)cc3)nc3c(N)ncnc32)[C@H](O[Si](C)(C)C(C)(C)C)[C@@H]1O[Si](C)(C)C(C)(C)C. The van der Waals surface area contributed by atoms with Crippen molar-refractivity contribution in [1.82, 2.24) is 19.5 Å². The van der Waals surface area contributed by atoms with E-state index in [2.05, 4.69) is 148 Å². The van der Waals surface area contributed by atoms with E-state index < -0.39 is 49.5 Å². The van der Waals surface area contributed by atoms with Crippen molar-refractivity contribution < 1.29 is 18.0 Å². The summed E-state index contributed by atoms with van der Waals surface area (Å²) in [6.07, 6.45) is -0.485. The maximum Gasteiger partial charge on any atom is 0.212 e. The van der Waals surface area contributed by atoms with Gasteiger partial charge in [0.2, 0.25) is 5.95 Å². The zero-order chi connectivity index (χ0) is 39.4. The summed E-state index contributed by atoms with van der Waals surface area (Å²) in [5.41, 5.74) is 10.7. The molecule has 1 fully saturated rings. The summed E-state index contributed by atoms with van der Waals surface area (Å²) < 4.78 is 31.0. The monoisotopic (exact) mass is 776 g/mol. The van der Waals surface area contributed by atoms with Gasteiger partial charge in [-0.05, 0) is 77.7 Å². The lowest BCUT2D eigenvalue weighted by Crippen LogP contribution is -2.54. The van der Waals surface area contributed by atoms with Gasteiger partial charge >= 0.3 is 0 Å². The van der Waals surface area contributed by atoms with Crippen LogP contribution in [0.15, 0.2) is 60.9 Å². The van der Waals surface area contributed by atoms with Gasteiger partial charge in [0.1, 0.15) is 24.6 Å². The maximum absolute atomic E-state index is 7.47. The molecule has 3 heterocycles. The Kier molecular flexibility index (Phi) is 11.4. The molecule has 0 unspecified atom stereocenters. The minimum atomic E-state index is -2.40. The molecule has 10 nitrogen and oxygen atoms in total. The molecule has 0 bridgehead atoms. The molecule has 290 valence electrons. The highest BCUT2D eigenvalue weighted by atomic mass is 28.4. The summed E-state index contributed by atoms with van der Waals surface area (Å²) in [5.74, 6) is 0.827. The molecular formula is C40H64N6O4Si3. The Morgan fingerprint density at radius 1 is 0.717 bits per heavy atom. The summed E-state index contributed by atoms with van der Waals surface area (Å²) in [6, 6.07) is 18.7. The molecule has 53 heavy (non-hydrogen) atoms. The number of hydrogen-bond acceptors (Lipinski definition) is 9. The summed E-state index contributed by atoms with van der Waals surface area (Å²) >= 11 is 0. The third-order valence-corrected chi connectivity index (χ3v) is 25.6. The van der Waals surface area contributed by atoms with Crippen LogP contribution in [0.4, 0.5) is 17.5 Å². The topological polar surface area (TPSA) is 119 Å². The summed E-state index contributed by atoms with van der Waals surface area (Å²) in [4.78, 5) is 14.1. The van der Waals surface area contributed by atoms with Crippen molar-refractivity contribution in [2.24, 2.45) is 0 Å². The number of ether oxygens (including phenoxy) is 1. The number of benzene rings is 2. The second-order valence-electron chi connectivity index (χ2n) is 19.1. The molecule has 0 spiro atoms. The quantitative estimate of drug-likeness (QED) is 0.144. The first-order valence-corrected chi connectivity index (χ1v) is 27.6. The molecule has 1 aliphatic rings. The third kappa shape index (κ3) is 8.66. The number of aromatic nitrogens is 4. The van der Waals surface area contributed by atoms with Crippen LogP contribution >= 0.6 is 0 Å². The first-order valence-electron chi connectivity index (χ1n) is 18.9. The van der Waals surface area contributed by atoms with E-state index in [0.717, 1.165) is 16.8 Å². The fourth-order valence-electron chi connectivity index (χ4n) is 5.62. The lowest BCUT2D eigenvalue weighted by molar-refractivity contribution is -0.0460. The minimum Gasteiger partial charge on any atom is -0.414 e. The van der Waals surface area contributed by atoms with Gasteiger partial charge in [0.25, 0.3) is 0 Å². The third-order valence-electron chi connectivity index (χ3n) is 12.2. The average molecular weight is 777 g/mol. The summed E-state index contributed by atoms with van der Waals surface area (Å²) in [6.45, 7) is 34.5. The average Bonchev–Trinajstić information content (AvgIpc) is 3.56. The van der Waals surface area contributed by atoms with Gasteiger partial charge in [-0.2, -0.15) is 0 Å². The second kappa shape index (κ2) is 14.6. The first-order chi connectivity index (χ1) is 24.3. The molecule has 1 aliphatic heterocycles. The van der Waals surface area contributed by atoms with Crippen molar-refractivity contribution >= 4 is 53.6 Å². The van der Waals surface area contributed by atoms with E-state index in [0.29, 0.717) is 29.5 Å². The van der Waals surface area contributed by atoms with Gasteiger partial charge in [-0.25, -0.2) is 15.0 Å². The highest BCUT2D eigenvalue weighted by Gasteiger charge is 2.55. The highest BCUT2D eigenvalue weighted by molar-refractivity contribution is 6.75. The van der Waals surface area contributed by atoms with Crippen molar-refractivity contribution in [3.05, 3.63) is 60.9 Å². The van der Waals surface area contributed by atoms with E-state index in [1.807, 2.05) is 22.8 Å². The molecule has 2 aromatic carbocycles. The van der Waals surface area contributed by atoms with Crippen LogP contribution in [0.1, 0.15) is 68.5 Å². The van der Waals surface area contributed by atoms with Gasteiger partial charge in [-0.15, -0.1) is 0 Å². The van der Waals surface area contributed by atoms with Crippen LogP contribution in [0.25, 0.3) is 22.3 Å². The van der Waals surface area contributed by atoms with E-state index in [1.165, 1.54) is 6.33 Å². The van der Waals surface area contributed by atoms with E-state index in [9.17, 15) is 0 Å². The number of imidazole rings is 1. The van der Waals surface area contributed by atoms with Gasteiger partial charge in [-0.1, -0.05) is 105 Å². The number of anilines is 3. The van der Waals surface area contributed by atoms with Crippen LogP contribution < -0.4 is 11.1 Å². The number of rotatable bonds is 11. The molecule has 0 saturated carbocycles. The fourth-order valence-corrected chi connectivity index (χ4v) is 9.24. The normalized spacial score (nSPS) is 20.7. The number of hydrogen-bond donors (Lipinski definition) is 2. The summed E-state index contributed by atoms with van der Waals surface area (Å²) in [5, 5.41) is 3.50. The van der Waals surface area contributed by atoms with Crippen molar-refractivity contribution in [1.29, 1.82) is 0 Å².